The molecule has 0 saturated carbocycles. The lowest BCUT2D eigenvalue weighted by molar-refractivity contribution is 0.478. The molecule has 0 aliphatic carbocycles. The second-order valence-corrected chi connectivity index (χ2v) is 5.37. The van der Waals surface area contributed by atoms with Crippen molar-refractivity contribution in [2.45, 2.75) is 0 Å². The Bertz CT molecular complexity index is 961. The van der Waals surface area contributed by atoms with Crippen molar-refractivity contribution in [1.82, 2.24) is 0 Å². The van der Waals surface area contributed by atoms with Crippen LogP contribution in [0.25, 0.3) is 21.5 Å². The standard InChI is InChI=1S/C20H15NO/c22-19-11-10-16-12-14-6-4-5-7-15(14)13-18(16)20(19)21-17-8-2-1-3-9-17/h1-13,21-22H. The number of phenols is 1. The number of anilines is 2. The molecule has 2 heteroatoms. The molecule has 0 aromatic heterocycles. The highest BCUT2D eigenvalue weighted by molar-refractivity contribution is 6.06. The predicted molar refractivity (Wildman–Crippen MR) is 92.8 cm³/mol. The molecule has 106 valence electrons. The summed E-state index contributed by atoms with van der Waals surface area (Å²) < 4.78 is 0. The summed E-state index contributed by atoms with van der Waals surface area (Å²) in [7, 11) is 0. The molecular formula is C20H15NO. The fourth-order valence-corrected chi connectivity index (χ4v) is 2.80. The lowest BCUT2D eigenvalue weighted by atomic mass is 10.0. The third-order valence-corrected chi connectivity index (χ3v) is 3.91. The van der Waals surface area contributed by atoms with E-state index in [4.69, 9.17) is 0 Å². The van der Waals surface area contributed by atoms with E-state index in [1.165, 1.54) is 5.39 Å². The first-order chi connectivity index (χ1) is 10.8. The van der Waals surface area contributed by atoms with E-state index in [-0.39, 0.29) is 5.75 Å². The van der Waals surface area contributed by atoms with Gasteiger partial charge >= 0.3 is 0 Å². The Kier molecular flexibility index (Phi) is 2.94. The first-order valence-corrected chi connectivity index (χ1v) is 7.28. The maximum absolute atomic E-state index is 10.3. The van der Waals surface area contributed by atoms with Crippen LogP contribution < -0.4 is 5.32 Å². The molecule has 0 saturated heterocycles. The normalized spacial score (nSPS) is 10.9. The Balaban J connectivity index is 1.95. The molecule has 0 unspecified atom stereocenters. The lowest BCUT2D eigenvalue weighted by Crippen LogP contribution is -1.92. The predicted octanol–water partition coefficient (Wildman–Crippen LogP) is 5.44. The Morgan fingerprint density at radius 3 is 2.09 bits per heavy atom. The minimum atomic E-state index is 0.256. The van der Waals surface area contributed by atoms with E-state index in [9.17, 15) is 5.11 Å². The summed E-state index contributed by atoms with van der Waals surface area (Å²) in [6, 6.07) is 26.1. The zero-order valence-corrected chi connectivity index (χ0v) is 12.0. The van der Waals surface area contributed by atoms with Crippen LogP contribution in [-0.4, -0.2) is 5.11 Å². The van der Waals surface area contributed by atoms with Gasteiger partial charge in [-0.2, -0.15) is 0 Å². The minimum absolute atomic E-state index is 0.256. The summed E-state index contributed by atoms with van der Waals surface area (Å²) in [5.74, 6) is 0.256. The largest absolute Gasteiger partial charge is 0.506 e. The van der Waals surface area contributed by atoms with Gasteiger partial charge in [-0.05, 0) is 46.5 Å². The van der Waals surface area contributed by atoms with Crippen LogP contribution in [-0.2, 0) is 0 Å². The van der Waals surface area contributed by atoms with Gasteiger partial charge in [-0.25, -0.2) is 0 Å². The molecule has 4 aromatic carbocycles. The summed E-state index contributed by atoms with van der Waals surface area (Å²) >= 11 is 0. The highest BCUT2D eigenvalue weighted by atomic mass is 16.3. The van der Waals surface area contributed by atoms with Crippen LogP contribution in [0.1, 0.15) is 0 Å². The molecule has 0 spiro atoms. The molecule has 0 bridgehead atoms. The number of para-hydroxylation sites is 1. The van der Waals surface area contributed by atoms with E-state index in [0.29, 0.717) is 0 Å². The average Bonchev–Trinajstić information content (AvgIpc) is 2.57. The monoisotopic (exact) mass is 285 g/mol. The SMILES string of the molecule is Oc1ccc2cc3ccccc3cc2c1Nc1ccccc1. The lowest BCUT2D eigenvalue weighted by Gasteiger charge is -2.13. The van der Waals surface area contributed by atoms with E-state index in [1.54, 1.807) is 6.07 Å². The molecule has 0 radical (unpaired) electrons. The molecule has 0 aliphatic heterocycles. The van der Waals surface area contributed by atoms with Gasteiger partial charge in [-0.1, -0.05) is 48.5 Å². The molecule has 0 amide bonds. The maximum atomic E-state index is 10.3. The summed E-state index contributed by atoms with van der Waals surface area (Å²) in [6.45, 7) is 0. The first-order valence-electron chi connectivity index (χ1n) is 7.28. The van der Waals surface area contributed by atoms with E-state index in [0.717, 1.165) is 27.5 Å². The van der Waals surface area contributed by atoms with Crippen molar-refractivity contribution < 1.29 is 5.11 Å². The van der Waals surface area contributed by atoms with Crippen molar-refractivity contribution in [3.8, 4) is 5.75 Å². The smallest absolute Gasteiger partial charge is 0.139 e. The zero-order chi connectivity index (χ0) is 14.9. The fraction of sp³-hybridized carbons (Fsp3) is 0. The molecule has 4 rings (SSSR count). The maximum Gasteiger partial charge on any atom is 0.139 e. The molecular weight excluding hydrogens is 270 g/mol. The second-order valence-electron chi connectivity index (χ2n) is 5.37. The molecule has 0 fully saturated rings. The molecule has 2 N–H and O–H groups in total. The van der Waals surface area contributed by atoms with Crippen LogP contribution in [0.15, 0.2) is 78.9 Å². The van der Waals surface area contributed by atoms with Crippen molar-refractivity contribution >= 4 is 32.9 Å². The number of benzene rings is 4. The van der Waals surface area contributed by atoms with Crippen LogP contribution in [0.5, 0.6) is 5.75 Å². The van der Waals surface area contributed by atoms with E-state index in [2.05, 4.69) is 29.6 Å². The van der Waals surface area contributed by atoms with Crippen LogP contribution in [0, 0.1) is 0 Å². The molecule has 0 atom stereocenters. The first kappa shape index (κ1) is 12.7. The van der Waals surface area contributed by atoms with Gasteiger partial charge in [0.1, 0.15) is 5.75 Å². The van der Waals surface area contributed by atoms with Gasteiger partial charge in [0.25, 0.3) is 0 Å². The minimum Gasteiger partial charge on any atom is -0.506 e. The van der Waals surface area contributed by atoms with Crippen molar-refractivity contribution in [1.29, 1.82) is 0 Å². The molecule has 0 heterocycles. The van der Waals surface area contributed by atoms with E-state index < -0.39 is 0 Å². The van der Waals surface area contributed by atoms with E-state index in [1.807, 2.05) is 48.5 Å². The summed E-state index contributed by atoms with van der Waals surface area (Å²) in [6.07, 6.45) is 0. The van der Waals surface area contributed by atoms with Gasteiger partial charge in [-0.15, -0.1) is 0 Å². The Morgan fingerprint density at radius 2 is 1.32 bits per heavy atom. The van der Waals surface area contributed by atoms with Crippen molar-refractivity contribution in [2.75, 3.05) is 5.32 Å². The topological polar surface area (TPSA) is 32.3 Å². The van der Waals surface area contributed by atoms with Gasteiger partial charge in [0, 0.05) is 11.1 Å². The molecule has 22 heavy (non-hydrogen) atoms. The number of hydrogen-bond donors (Lipinski definition) is 2. The third kappa shape index (κ3) is 2.15. The van der Waals surface area contributed by atoms with Gasteiger partial charge in [0.15, 0.2) is 0 Å². The van der Waals surface area contributed by atoms with Crippen LogP contribution in [0.4, 0.5) is 11.4 Å². The Labute approximate surface area is 128 Å². The fourth-order valence-electron chi connectivity index (χ4n) is 2.80. The van der Waals surface area contributed by atoms with Crippen LogP contribution in [0.2, 0.25) is 0 Å². The average molecular weight is 285 g/mol. The highest BCUT2D eigenvalue weighted by Gasteiger charge is 2.08. The van der Waals surface area contributed by atoms with Gasteiger partial charge in [0.05, 0.1) is 5.69 Å². The summed E-state index contributed by atoms with van der Waals surface area (Å²) in [4.78, 5) is 0. The van der Waals surface area contributed by atoms with Crippen molar-refractivity contribution in [3.05, 3.63) is 78.9 Å². The van der Waals surface area contributed by atoms with Gasteiger partial charge in [0.2, 0.25) is 0 Å². The summed E-state index contributed by atoms with van der Waals surface area (Å²) in [5.41, 5.74) is 1.70. The Hall–Kier alpha value is -3.00. The van der Waals surface area contributed by atoms with Crippen molar-refractivity contribution in [2.24, 2.45) is 0 Å². The zero-order valence-electron chi connectivity index (χ0n) is 12.0. The quantitative estimate of drug-likeness (QED) is 0.379. The number of rotatable bonds is 2. The third-order valence-electron chi connectivity index (χ3n) is 3.91. The van der Waals surface area contributed by atoms with Crippen molar-refractivity contribution in [3.63, 3.8) is 0 Å². The second kappa shape index (κ2) is 5.08. The van der Waals surface area contributed by atoms with Crippen LogP contribution >= 0.6 is 0 Å². The number of phenolic OH excluding ortho intramolecular Hbond substituents is 1. The number of aromatic hydroxyl groups is 1. The number of fused-ring (bicyclic) bond motifs is 2. The highest BCUT2D eigenvalue weighted by Crippen LogP contribution is 2.36. The number of nitrogens with one attached hydrogen (secondary N) is 1. The summed E-state index contributed by atoms with van der Waals surface area (Å²) in [5, 5.41) is 18.1. The van der Waals surface area contributed by atoms with Crippen LogP contribution in [0.3, 0.4) is 0 Å². The van der Waals surface area contributed by atoms with E-state index >= 15 is 0 Å². The number of hydrogen-bond acceptors (Lipinski definition) is 2. The van der Waals surface area contributed by atoms with Gasteiger partial charge < -0.3 is 10.4 Å². The Morgan fingerprint density at radius 1 is 0.636 bits per heavy atom. The molecule has 4 aromatic rings. The molecule has 0 aliphatic rings. The molecule has 2 nitrogen and oxygen atoms in total. The van der Waals surface area contributed by atoms with Gasteiger partial charge in [-0.3, -0.25) is 0 Å².